The molecule has 0 saturated carbocycles. The van der Waals surface area contributed by atoms with Gasteiger partial charge in [-0.3, -0.25) is 4.57 Å². The minimum absolute atomic E-state index is 0.264. The Balaban J connectivity index is 2.36. The largest absolute Gasteiger partial charge is 0.369 e. The van der Waals surface area contributed by atoms with Gasteiger partial charge in [0.05, 0.1) is 21.7 Å². The second kappa shape index (κ2) is 4.51. The Morgan fingerprint density at radius 2 is 2.00 bits per heavy atom. The Kier molecular flexibility index (Phi) is 2.95. The maximum absolute atomic E-state index is 13.2. The van der Waals surface area contributed by atoms with Crippen molar-refractivity contribution in [2.24, 2.45) is 0 Å². The number of hydrogen-bond acceptors (Lipinski definition) is 2. The molecule has 0 aliphatic heterocycles. The second-order valence-corrected chi connectivity index (χ2v) is 5.36. The standard InChI is InChI=1S/C13H8BrClFN3/c14-7-1-3-9(15)12(5-7)19-11-4-2-8(16)6-10(11)18-13(19)17/h1-6H,(H2,17,18). The highest BCUT2D eigenvalue weighted by Crippen LogP contribution is 2.30. The fourth-order valence-corrected chi connectivity index (χ4v) is 2.53. The zero-order valence-electron chi connectivity index (χ0n) is 9.57. The Morgan fingerprint density at radius 1 is 1.21 bits per heavy atom. The summed E-state index contributed by atoms with van der Waals surface area (Å²) in [7, 11) is 0. The summed E-state index contributed by atoms with van der Waals surface area (Å²) >= 11 is 9.58. The van der Waals surface area contributed by atoms with Crippen LogP contribution in [0.3, 0.4) is 0 Å². The summed E-state index contributed by atoms with van der Waals surface area (Å²) in [5, 5.41) is 0.540. The van der Waals surface area contributed by atoms with Gasteiger partial charge in [0.1, 0.15) is 5.82 Å². The van der Waals surface area contributed by atoms with Crippen LogP contribution >= 0.6 is 27.5 Å². The molecule has 6 heteroatoms. The minimum atomic E-state index is -0.350. The third-order valence-corrected chi connectivity index (χ3v) is 3.60. The Labute approximate surface area is 121 Å². The van der Waals surface area contributed by atoms with Crippen molar-refractivity contribution in [3.8, 4) is 5.69 Å². The number of fused-ring (bicyclic) bond motifs is 1. The number of hydrogen-bond donors (Lipinski definition) is 1. The zero-order chi connectivity index (χ0) is 13.6. The van der Waals surface area contributed by atoms with Crippen LogP contribution in [0.5, 0.6) is 0 Å². The fraction of sp³-hybridized carbons (Fsp3) is 0. The van der Waals surface area contributed by atoms with Crippen molar-refractivity contribution in [3.05, 3.63) is 51.7 Å². The first-order valence-electron chi connectivity index (χ1n) is 5.45. The lowest BCUT2D eigenvalue weighted by molar-refractivity contribution is 0.629. The van der Waals surface area contributed by atoms with Crippen molar-refractivity contribution in [2.45, 2.75) is 0 Å². The maximum Gasteiger partial charge on any atom is 0.205 e. The van der Waals surface area contributed by atoms with Crippen molar-refractivity contribution in [1.29, 1.82) is 0 Å². The van der Waals surface area contributed by atoms with Gasteiger partial charge >= 0.3 is 0 Å². The van der Waals surface area contributed by atoms with Crippen molar-refractivity contribution in [3.63, 3.8) is 0 Å². The van der Waals surface area contributed by atoms with Gasteiger partial charge in [0.15, 0.2) is 0 Å². The molecule has 0 aliphatic carbocycles. The number of rotatable bonds is 1. The van der Waals surface area contributed by atoms with Crippen LogP contribution in [0, 0.1) is 5.82 Å². The molecule has 0 bridgehead atoms. The van der Waals surface area contributed by atoms with E-state index >= 15 is 0 Å². The van der Waals surface area contributed by atoms with E-state index in [4.69, 9.17) is 17.3 Å². The number of benzene rings is 2. The first-order chi connectivity index (χ1) is 9.06. The van der Waals surface area contributed by atoms with Gasteiger partial charge in [-0.05, 0) is 30.3 Å². The Bertz CT molecular complexity index is 785. The number of nitrogens with zero attached hydrogens (tertiary/aromatic N) is 2. The topological polar surface area (TPSA) is 43.8 Å². The van der Waals surface area contributed by atoms with Gasteiger partial charge in [0.2, 0.25) is 5.95 Å². The van der Waals surface area contributed by atoms with E-state index < -0.39 is 0 Å². The van der Waals surface area contributed by atoms with E-state index in [1.54, 1.807) is 16.7 Å². The molecule has 0 spiro atoms. The Morgan fingerprint density at radius 3 is 2.79 bits per heavy atom. The van der Waals surface area contributed by atoms with Crippen molar-refractivity contribution < 1.29 is 4.39 Å². The molecule has 3 aromatic rings. The number of imidazole rings is 1. The molecule has 1 heterocycles. The quantitative estimate of drug-likeness (QED) is 0.723. The molecule has 1 aromatic heterocycles. The van der Waals surface area contributed by atoms with E-state index in [9.17, 15) is 4.39 Å². The van der Waals surface area contributed by atoms with E-state index in [0.717, 1.165) is 4.47 Å². The first kappa shape index (κ1) is 12.4. The van der Waals surface area contributed by atoms with Gasteiger partial charge in [-0.25, -0.2) is 9.37 Å². The number of nitrogens with two attached hydrogens (primary N) is 1. The van der Waals surface area contributed by atoms with E-state index in [0.29, 0.717) is 21.7 Å². The van der Waals surface area contributed by atoms with E-state index in [1.807, 2.05) is 12.1 Å². The van der Waals surface area contributed by atoms with Crippen LogP contribution in [0.15, 0.2) is 40.9 Å². The smallest absolute Gasteiger partial charge is 0.205 e. The van der Waals surface area contributed by atoms with E-state index in [1.165, 1.54) is 12.1 Å². The van der Waals surface area contributed by atoms with Crippen molar-refractivity contribution in [1.82, 2.24) is 9.55 Å². The molecule has 0 atom stereocenters. The van der Waals surface area contributed by atoms with Crippen LogP contribution in [0.25, 0.3) is 16.7 Å². The van der Waals surface area contributed by atoms with Crippen molar-refractivity contribution >= 4 is 44.5 Å². The van der Waals surface area contributed by atoms with Crippen LogP contribution in [0.2, 0.25) is 5.02 Å². The molecule has 0 aliphatic rings. The van der Waals surface area contributed by atoms with Crippen LogP contribution in [0.1, 0.15) is 0 Å². The van der Waals surface area contributed by atoms with Gasteiger partial charge in [-0.15, -0.1) is 0 Å². The molecular formula is C13H8BrClFN3. The molecule has 0 saturated heterocycles. The summed E-state index contributed by atoms with van der Waals surface area (Å²) in [5.74, 6) is -0.0851. The number of nitrogen functional groups attached to an aromatic ring is 1. The third kappa shape index (κ3) is 2.09. The zero-order valence-corrected chi connectivity index (χ0v) is 11.9. The predicted octanol–water partition coefficient (Wildman–Crippen LogP) is 4.16. The van der Waals surface area contributed by atoms with Gasteiger partial charge in [-0.1, -0.05) is 27.5 Å². The summed E-state index contributed by atoms with van der Waals surface area (Å²) in [5.41, 5.74) is 7.81. The van der Waals surface area contributed by atoms with E-state index in [2.05, 4.69) is 20.9 Å². The summed E-state index contributed by atoms with van der Waals surface area (Å²) < 4.78 is 15.8. The fourth-order valence-electron chi connectivity index (χ4n) is 1.98. The highest BCUT2D eigenvalue weighted by Gasteiger charge is 2.13. The monoisotopic (exact) mass is 339 g/mol. The van der Waals surface area contributed by atoms with Crippen LogP contribution in [-0.4, -0.2) is 9.55 Å². The average Bonchev–Trinajstić information content (AvgIpc) is 2.67. The van der Waals surface area contributed by atoms with Crippen molar-refractivity contribution in [2.75, 3.05) is 5.73 Å². The van der Waals surface area contributed by atoms with Gasteiger partial charge in [0, 0.05) is 10.5 Å². The number of halogens is 3. The molecule has 19 heavy (non-hydrogen) atoms. The predicted molar refractivity (Wildman–Crippen MR) is 78.2 cm³/mol. The van der Waals surface area contributed by atoms with Crippen LogP contribution in [0.4, 0.5) is 10.3 Å². The summed E-state index contributed by atoms with van der Waals surface area (Å²) in [6.07, 6.45) is 0. The van der Waals surface area contributed by atoms with E-state index in [-0.39, 0.29) is 11.8 Å². The minimum Gasteiger partial charge on any atom is -0.369 e. The van der Waals surface area contributed by atoms with Crippen LogP contribution < -0.4 is 5.73 Å². The van der Waals surface area contributed by atoms with Gasteiger partial charge in [0.25, 0.3) is 0 Å². The molecule has 2 aromatic carbocycles. The summed E-state index contributed by atoms with van der Waals surface area (Å²) in [6, 6.07) is 9.77. The lowest BCUT2D eigenvalue weighted by atomic mass is 10.2. The summed E-state index contributed by atoms with van der Waals surface area (Å²) in [6.45, 7) is 0. The lowest BCUT2D eigenvalue weighted by Gasteiger charge is -2.09. The molecular weight excluding hydrogens is 333 g/mol. The normalized spacial score (nSPS) is 11.1. The molecule has 3 nitrogen and oxygen atoms in total. The van der Waals surface area contributed by atoms with Gasteiger partial charge in [-0.2, -0.15) is 0 Å². The maximum atomic E-state index is 13.2. The first-order valence-corrected chi connectivity index (χ1v) is 6.62. The molecule has 3 rings (SSSR count). The average molecular weight is 341 g/mol. The molecule has 0 fully saturated rings. The summed E-state index contributed by atoms with van der Waals surface area (Å²) in [4.78, 5) is 4.15. The van der Waals surface area contributed by atoms with Gasteiger partial charge < -0.3 is 5.73 Å². The van der Waals surface area contributed by atoms with Crippen LogP contribution in [-0.2, 0) is 0 Å². The molecule has 2 N–H and O–H groups in total. The molecule has 96 valence electrons. The molecule has 0 radical (unpaired) electrons. The lowest BCUT2D eigenvalue weighted by Crippen LogP contribution is -2.01. The highest BCUT2D eigenvalue weighted by molar-refractivity contribution is 9.10. The molecule has 0 unspecified atom stereocenters. The third-order valence-electron chi connectivity index (χ3n) is 2.79. The molecule has 0 amide bonds. The number of aromatic nitrogens is 2. The number of anilines is 1. The highest BCUT2D eigenvalue weighted by atomic mass is 79.9. The SMILES string of the molecule is Nc1nc2cc(F)ccc2n1-c1cc(Br)ccc1Cl. The second-order valence-electron chi connectivity index (χ2n) is 4.03. The Hall–Kier alpha value is -1.59.